The fraction of sp³-hybridized carbons (Fsp3) is 0.111. The summed E-state index contributed by atoms with van der Waals surface area (Å²) in [7, 11) is 1.59. The molecule has 0 aliphatic carbocycles. The van der Waals surface area contributed by atoms with Crippen LogP contribution < -0.4 is 10.5 Å². The van der Waals surface area contributed by atoms with E-state index in [0.29, 0.717) is 17.0 Å². The van der Waals surface area contributed by atoms with Gasteiger partial charge in [0.05, 0.1) is 23.2 Å². The van der Waals surface area contributed by atoms with Crippen LogP contribution in [-0.4, -0.2) is 22.9 Å². The van der Waals surface area contributed by atoms with Crippen molar-refractivity contribution in [2.24, 2.45) is 10.7 Å². The zero-order chi connectivity index (χ0) is 18.0. The van der Waals surface area contributed by atoms with Gasteiger partial charge in [-0.2, -0.15) is 0 Å². The molecule has 2 N–H and O–H groups in total. The minimum atomic E-state index is -0.463. The van der Waals surface area contributed by atoms with Crippen LogP contribution in [0.2, 0.25) is 0 Å². The Hall–Kier alpha value is -3.48. The van der Waals surface area contributed by atoms with Crippen LogP contribution in [0, 0.1) is 17.0 Å². The molecule has 0 atom stereocenters. The lowest BCUT2D eigenvalue weighted by atomic mass is 10.1. The number of hydrogen-bond donors (Lipinski definition) is 1. The summed E-state index contributed by atoms with van der Waals surface area (Å²) >= 11 is 0. The van der Waals surface area contributed by atoms with Crippen molar-refractivity contribution < 1.29 is 9.66 Å². The third-order valence-corrected chi connectivity index (χ3v) is 3.72. The van der Waals surface area contributed by atoms with Crippen molar-refractivity contribution in [3.8, 4) is 5.75 Å². The average molecular weight is 336 g/mol. The predicted octanol–water partition coefficient (Wildman–Crippen LogP) is 3.50. The van der Waals surface area contributed by atoms with E-state index in [2.05, 4.69) is 9.98 Å². The number of amidine groups is 1. The Morgan fingerprint density at radius 1 is 1.24 bits per heavy atom. The van der Waals surface area contributed by atoms with Crippen molar-refractivity contribution in [1.29, 1.82) is 0 Å². The minimum Gasteiger partial charge on any atom is -0.497 e. The van der Waals surface area contributed by atoms with Gasteiger partial charge in [0, 0.05) is 34.8 Å². The number of ether oxygens (including phenoxy) is 1. The molecule has 0 aliphatic rings. The molecule has 7 heteroatoms. The first-order valence-corrected chi connectivity index (χ1v) is 7.52. The molecule has 0 bridgehead atoms. The summed E-state index contributed by atoms with van der Waals surface area (Å²) in [4.78, 5) is 19.4. The SMILES string of the molecule is COc1ccc2c(N=C(N)c3cccc([N+](=O)[O-])c3)cc(C)nc2c1. The predicted molar refractivity (Wildman–Crippen MR) is 96.5 cm³/mol. The normalized spacial score (nSPS) is 11.5. The number of nitro benzene ring substituents is 1. The van der Waals surface area contributed by atoms with Gasteiger partial charge in [-0.3, -0.25) is 15.1 Å². The number of rotatable bonds is 4. The second-order valence-corrected chi connectivity index (χ2v) is 5.47. The fourth-order valence-corrected chi connectivity index (χ4v) is 2.51. The van der Waals surface area contributed by atoms with Crippen LogP contribution in [0.1, 0.15) is 11.3 Å². The minimum absolute atomic E-state index is 0.0313. The Morgan fingerprint density at radius 2 is 2.04 bits per heavy atom. The summed E-state index contributed by atoms with van der Waals surface area (Å²) in [6.07, 6.45) is 0. The molecule has 0 radical (unpaired) electrons. The number of pyridine rings is 1. The van der Waals surface area contributed by atoms with Gasteiger partial charge >= 0.3 is 0 Å². The standard InChI is InChI=1S/C18H16N4O3/c1-11-8-16(15-7-6-14(25-2)10-17(15)20-11)21-18(19)12-4-3-5-13(9-12)22(23)24/h3-10H,1-2H3,(H2,19,20,21). The van der Waals surface area contributed by atoms with Crippen LogP contribution in [0.5, 0.6) is 5.75 Å². The molecule has 0 saturated carbocycles. The molecule has 25 heavy (non-hydrogen) atoms. The van der Waals surface area contributed by atoms with Crippen LogP contribution >= 0.6 is 0 Å². The van der Waals surface area contributed by atoms with Gasteiger partial charge in [-0.1, -0.05) is 12.1 Å². The zero-order valence-corrected chi connectivity index (χ0v) is 13.8. The van der Waals surface area contributed by atoms with Crippen molar-refractivity contribution in [3.63, 3.8) is 0 Å². The number of nitrogens with zero attached hydrogens (tertiary/aromatic N) is 3. The molecular weight excluding hydrogens is 320 g/mol. The molecule has 3 rings (SSSR count). The molecule has 7 nitrogen and oxygen atoms in total. The lowest BCUT2D eigenvalue weighted by molar-refractivity contribution is -0.384. The van der Waals surface area contributed by atoms with E-state index in [1.165, 1.54) is 12.1 Å². The summed E-state index contributed by atoms with van der Waals surface area (Å²) < 4.78 is 5.22. The van der Waals surface area contributed by atoms with Crippen molar-refractivity contribution in [1.82, 2.24) is 4.98 Å². The van der Waals surface area contributed by atoms with E-state index in [1.807, 2.05) is 31.2 Å². The molecule has 0 fully saturated rings. The Labute approximate surface area is 143 Å². The third kappa shape index (κ3) is 3.40. The number of nitro groups is 1. The molecule has 0 spiro atoms. The number of hydrogen-bond acceptors (Lipinski definition) is 5. The van der Waals surface area contributed by atoms with Crippen molar-refractivity contribution in [3.05, 3.63) is 69.9 Å². The maximum absolute atomic E-state index is 10.9. The van der Waals surface area contributed by atoms with Gasteiger partial charge in [-0.05, 0) is 25.1 Å². The average Bonchev–Trinajstić information content (AvgIpc) is 2.61. The van der Waals surface area contributed by atoms with Gasteiger partial charge in [0.15, 0.2) is 0 Å². The van der Waals surface area contributed by atoms with Gasteiger partial charge in [-0.15, -0.1) is 0 Å². The first-order chi connectivity index (χ1) is 12.0. The van der Waals surface area contributed by atoms with Crippen LogP contribution in [0.4, 0.5) is 11.4 Å². The molecule has 1 heterocycles. The lowest BCUT2D eigenvalue weighted by Crippen LogP contribution is -2.13. The highest BCUT2D eigenvalue weighted by Gasteiger charge is 2.10. The number of fused-ring (bicyclic) bond motifs is 1. The van der Waals surface area contributed by atoms with Gasteiger partial charge < -0.3 is 10.5 Å². The number of aliphatic imine (C=N–C) groups is 1. The van der Waals surface area contributed by atoms with Crippen LogP contribution in [-0.2, 0) is 0 Å². The lowest BCUT2D eigenvalue weighted by Gasteiger charge is -2.07. The zero-order valence-electron chi connectivity index (χ0n) is 13.8. The quantitative estimate of drug-likeness (QED) is 0.340. The van der Waals surface area contributed by atoms with Gasteiger partial charge in [0.2, 0.25) is 0 Å². The summed E-state index contributed by atoms with van der Waals surface area (Å²) in [6, 6.07) is 13.4. The third-order valence-electron chi connectivity index (χ3n) is 3.72. The second kappa shape index (κ2) is 6.56. The highest BCUT2D eigenvalue weighted by molar-refractivity contribution is 6.02. The van der Waals surface area contributed by atoms with E-state index in [1.54, 1.807) is 19.2 Å². The molecule has 3 aromatic rings. The Balaban J connectivity index is 2.11. The Bertz CT molecular complexity index is 999. The summed E-state index contributed by atoms with van der Waals surface area (Å²) in [5, 5.41) is 11.7. The first-order valence-electron chi connectivity index (χ1n) is 7.52. The molecule has 0 amide bonds. The second-order valence-electron chi connectivity index (χ2n) is 5.47. The number of aryl methyl sites for hydroxylation is 1. The Morgan fingerprint density at radius 3 is 2.76 bits per heavy atom. The maximum atomic E-state index is 10.9. The van der Waals surface area contributed by atoms with Crippen molar-refractivity contribution >= 4 is 28.1 Å². The summed E-state index contributed by atoms with van der Waals surface area (Å²) in [5.74, 6) is 0.901. The van der Waals surface area contributed by atoms with Gasteiger partial charge in [0.1, 0.15) is 11.6 Å². The molecule has 0 aliphatic heterocycles. The number of non-ortho nitro benzene ring substituents is 1. The maximum Gasteiger partial charge on any atom is 0.270 e. The largest absolute Gasteiger partial charge is 0.497 e. The highest BCUT2D eigenvalue weighted by atomic mass is 16.6. The highest BCUT2D eigenvalue weighted by Crippen LogP contribution is 2.29. The van der Waals surface area contributed by atoms with Crippen LogP contribution in [0.3, 0.4) is 0 Å². The van der Waals surface area contributed by atoms with Gasteiger partial charge in [-0.25, -0.2) is 4.99 Å². The number of aromatic nitrogens is 1. The van der Waals surface area contributed by atoms with E-state index in [9.17, 15) is 10.1 Å². The molecule has 126 valence electrons. The van der Waals surface area contributed by atoms with Crippen LogP contribution in [0.25, 0.3) is 10.9 Å². The monoisotopic (exact) mass is 336 g/mol. The number of benzene rings is 2. The van der Waals surface area contributed by atoms with E-state index in [0.717, 1.165) is 16.6 Å². The van der Waals surface area contributed by atoms with Gasteiger partial charge in [0.25, 0.3) is 5.69 Å². The van der Waals surface area contributed by atoms with Crippen molar-refractivity contribution in [2.75, 3.05) is 7.11 Å². The van der Waals surface area contributed by atoms with E-state index < -0.39 is 4.92 Å². The van der Waals surface area contributed by atoms with E-state index in [4.69, 9.17) is 10.5 Å². The topological polar surface area (TPSA) is 104 Å². The molecule has 0 saturated heterocycles. The molecule has 1 aromatic heterocycles. The molecule has 0 unspecified atom stereocenters. The number of nitrogens with two attached hydrogens (primary N) is 1. The Kier molecular flexibility index (Phi) is 4.30. The van der Waals surface area contributed by atoms with E-state index >= 15 is 0 Å². The smallest absolute Gasteiger partial charge is 0.270 e. The van der Waals surface area contributed by atoms with Crippen molar-refractivity contribution in [2.45, 2.75) is 6.92 Å². The van der Waals surface area contributed by atoms with E-state index in [-0.39, 0.29) is 11.5 Å². The number of methoxy groups -OCH3 is 1. The van der Waals surface area contributed by atoms with Crippen LogP contribution in [0.15, 0.2) is 53.5 Å². The fourth-order valence-electron chi connectivity index (χ4n) is 2.51. The summed E-state index contributed by atoms with van der Waals surface area (Å²) in [5.41, 5.74) is 8.71. The summed E-state index contributed by atoms with van der Waals surface area (Å²) in [6.45, 7) is 1.86. The molecular formula is C18H16N4O3. The first kappa shape index (κ1) is 16.4. The molecule has 2 aromatic carbocycles.